The molecule has 1 aromatic heterocycles. The molecule has 1 atom stereocenters. The molecular weight excluding hydrogens is 465 g/mol. The smallest absolute Gasteiger partial charge is 0.243 e. The number of hydrogen-bond donors (Lipinski definition) is 1. The summed E-state index contributed by atoms with van der Waals surface area (Å²) in [5.41, 5.74) is 0.917. The summed E-state index contributed by atoms with van der Waals surface area (Å²) in [6.45, 7) is 3.96. The molecule has 5 rings (SSSR count). The van der Waals surface area contributed by atoms with Gasteiger partial charge in [-0.05, 0) is 56.2 Å². The Morgan fingerprint density at radius 3 is 2.34 bits per heavy atom. The number of benzene rings is 2. The van der Waals surface area contributed by atoms with E-state index in [0.717, 1.165) is 35.4 Å². The summed E-state index contributed by atoms with van der Waals surface area (Å²) in [5, 5.41) is 4.72. The van der Waals surface area contributed by atoms with Gasteiger partial charge in [0.25, 0.3) is 0 Å². The molecule has 1 aliphatic heterocycles. The number of aromatic nitrogens is 2. The van der Waals surface area contributed by atoms with Gasteiger partial charge in [0.15, 0.2) is 0 Å². The van der Waals surface area contributed by atoms with Crippen LogP contribution in [0.2, 0.25) is 0 Å². The summed E-state index contributed by atoms with van der Waals surface area (Å²) >= 11 is 0. The fraction of sp³-hybridized carbons (Fsp3) is 0.462. The van der Waals surface area contributed by atoms with E-state index in [-0.39, 0.29) is 10.9 Å². The lowest BCUT2D eigenvalue weighted by Crippen LogP contribution is -2.49. The van der Waals surface area contributed by atoms with Crippen molar-refractivity contribution in [3.8, 4) is 0 Å². The van der Waals surface area contributed by atoms with E-state index in [0.29, 0.717) is 32.2 Å². The molecule has 2 fully saturated rings. The number of anilines is 1. The molecule has 1 saturated carbocycles. The maximum atomic E-state index is 13.2. The molecule has 2 aliphatic rings. The number of rotatable bonds is 6. The van der Waals surface area contributed by atoms with Crippen LogP contribution in [0.4, 0.5) is 10.2 Å². The molecule has 186 valence electrons. The standard InChI is InChI=1S/C26H32FN5O2S/c1-19(31-15-17-32(18-16-31)35(33,34)22-13-11-20(27)12-14-22)25-29-24-10-6-5-9-23(24)26(30-25)28-21-7-3-2-4-8-21/h5-6,9-14,19,21H,2-4,7-8,15-18H2,1H3,(H,28,29,30)/t19-/m0/s1. The van der Waals surface area contributed by atoms with Gasteiger partial charge in [-0.3, -0.25) is 4.90 Å². The van der Waals surface area contributed by atoms with Crippen molar-refractivity contribution < 1.29 is 12.8 Å². The predicted octanol–water partition coefficient (Wildman–Crippen LogP) is 4.58. The van der Waals surface area contributed by atoms with Gasteiger partial charge in [0.05, 0.1) is 16.5 Å². The van der Waals surface area contributed by atoms with Gasteiger partial charge in [-0.15, -0.1) is 0 Å². The van der Waals surface area contributed by atoms with Crippen molar-refractivity contribution in [1.29, 1.82) is 0 Å². The molecule has 1 N–H and O–H groups in total. The van der Waals surface area contributed by atoms with Crippen molar-refractivity contribution in [3.05, 3.63) is 60.2 Å². The molecule has 7 nitrogen and oxygen atoms in total. The molecule has 0 bridgehead atoms. The SMILES string of the molecule is C[C@@H](c1nc(NC2CCCCC2)c2ccccc2n1)N1CCN(S(=O)(=O)c2ccc(F)cc2)CC1. The van der Waals surface area contributed by atoms with Gasteiger partial charge in [-0.25, -0.2) is 22.8 Å². The van der Waals surface area contributed by atoms with Crippen molar-refractivity contribution in [2.24, 2.45) is 0 Å². The van der Waals surface area contributed by atoms with E-state index in [2.05, 4.69) is 23.2 Å². The first-order valence-corrected chi connectivity index (χ1v) is 13.9. The number of fused-ring (bicyclic) bond motifs is 1. The number of nitrogens with one attached hydrogen (secondary N) is 1. The van der Waals surface area contributed by atoms with E-state index >= 15 is 0 Å². The van der Waals surface area contributed by atoms with Crippen LogP contribution < -0.4 is 5.32 Å². The lowest BCUT2D eigenvalue weighted by atomic mass is 9.95. The van der Waals surface area contributed by atoms with Crippen LogP contribution in [0.15, 0.2) is 53.4 Å². The molecule has 9 heteroatoms. The topological polar surface area (TPSA) is 78.4 Å². The number of sulfonamides is 1. The highest BCUT2D eigenvalue weighted by atomic mass is 32.2. The Bertz CT molecular complexity index is 1270. The second-order valence-corrected chi connectivity index (χ2v) is 11.4. The third-order valence-electron chi connectivity index (χ3n) is 7.21. The zero-order valence-electron chi connectivity index (χ0n) is 20.0. The summed E-state index contributed by atoms with van der Waals surface area (Å²) in [5.74, 6) is 1.19. The normalized spacial score (nSPS) is 19.6. The second kappa shape index (κ2) is 10.2. The van der Waals surface area contributed by atoms with Crippen LogP contribution in [0, 0.1) is 5.82 Å². The number of halogens is 1. The minimum atomic E-state index is -3.65. The summed E-state index contributed by atoms with van der Waals surface area (Å²) in [6.07, 6.45) is 6.11. The van der Waals surface area contributed by atoms with Gasteiger partial charge in [0, 0.05) is 37.6 Å². The minimum Gasteiger partial charge on any atom is -0.367 e. The maximum Gasteiger partial charge on any atom is 0.243 e. The van der Waals surface area contributed by atoms with E-state index in [1.807, 2.05) is 18.2 Å². The molecule has 2 aromatic carbocycles. The molecular formula is C26H32FN5O2S. The van der Waals surface area contributed by atoms with Gasteiger partial charge in [-0.2, -0.15) is 4.31 Å². The first kappa shape index (κ1) is 24.1. The van der Waals surface area contributed by atoms with Crippen molar-refractivity contribution in [3.63, 3.8) is 0 Å². The average molecular weight is 498 g/mol. The Hall–Kier alpha value is -2.62. The van der Waals surface area contributed by atoms with Gasteiger partial charge >= 0.3 is 0 Å². The number of nitrogens with zero attached hydrogens (tertiary/aromatic N) is 4. The average Bonchev–Trinajstić information content (AvgIpc) is 2.89. The van der Waals surface area contributed by atoms with Gasteiger partial charge in [-0.1, -0.05) is 31.4 Å². The maximum absolute atomic E-state index is 13.2. The zero-order chi connectivity index (χ0) is 24.4. The Labute approximate surface area is 206 Å². The molecule has 0 amide bonds. The third-order valence-corrected chi connectivity index (χ3v) is 9.13. The molecule has 35 heavy (non-hydrogen) atoms. The molecule has 3 aromatic rings. The monoisotopic (exact) mass is 497 g/mol. The van der Waals surface area contributed by atoms with E-state index in [9.17, 15) is 12.8 Å². The molecule has 0 spiro atoms. The highest BCUT2D eigenvalue weighted by Gasteiger charge is 2.31. The van der Waals surface area contributed by atoms with Crippen LogP contribution in [0.5, 0.6) is 0 Å². The van der Waals surface area contributed by atoms with E-state index in [1.165, 1.54) is 47.8 Å². The van der Waals surface area contributed by atoms with Crippen molar-refractivity contribution in [1.82, 2.24) is 19.2 Å². The summed E-state index contributed by atoms with van der Waals surface area (Å²) in [7, 11) is -3.65. The van der Waals surface area contributed by atoms with Crippen LogP contribution >= 0.6 is 0 Å². The molecule has 2 heterocycles. The van der Waals surface area contributed by atoms with E-state index in [4.69, 9.17) is 9.97 Å². The quantitative estimate of drug-likeness (QED) is 0.537. The molecule has 0 radical (unpaired) electrons. The van der Waals surface area contributed by atoms with Crippen molar-refractivity contribution in [2.75, 3.05) is 31.5 Å². The Morgan fingerprint density at radius 2 is 1.63 bits per heavy atom. The van der Waals surface area contributed by atoms with Gasteiger partial charge in [0.2, 0.25) is 10.0 Å². The van der Waals surface area contributed by atoms with Gasteiger partial charge in [0.1, 0.15) is 17.5 Å². The Balaban J connectivity index is 1.32. The first-order chi connectivity index (χ1) is 16.9. The second-order valence-electron chi connectivity index (χ2n) is 9.50. The summed E-state index contributed by atoms with van der Waals surface area (Å²) < 4.78 is 40.7. The fourth-order valence-electron chi connectivity index (χ4n) is 5.08. The van der Waals surface area contributed by atoms with Crippen LogP contribution in [0.3, 0.4) is 0 Å². The van der Waals surface area contributed by atoms with Gasteiger partial charge < -0.3 is 5.32 Å². The molecule has 0 unspecified atom stereocenters. The van der Waals surface area contributed by atoms with Crippen LogP contribution in [-0.2, 0) is 10.0 Å². The number of piperazine rings is 1. The van der Waals surface area contributed by atoms with E-state index in [1.54, 1.807) is 0 Å². The number of para-hydroxylation sites is 1. The Morgan fingerprint density at radius 1 is 0.943 bits per heavy atom. The minimum absolute atomic E-state index is 0.0535. The zero-order valence-corrected chi connectivity index (χ0v) is 20.8. The van der Waals surface area contributed by atoms with Crippen LogP contribution in [-0.4, -0.2) is 59.8 Å². The van der Waals surface area contributed by atoms with Crippen LogP contribution in [0.1, 0.15) is 50.9 Å². The third kappa shape index (κ3) is 5.17. The van der Waals surface area contributed by atoms with Crippen LogP contribution in [0.25, 0.3) is 10.9 Å². The fourth-order valence-corrected chi connectivity index (χ4v) is 6.50. The van der Waals surface area contributed by atoms with Crippen molar-refractivity contribution in [2.45, 2.75) is 56.0 Å². The first-order valence-electron chi connectivity index (χ1n) is 12.4. The summed E-state index contributed by atoms with van der Waals surface area (Å²) in [6, 6.07) is 13.5. The lowest BCUT2D eigenvalue weighted by molar-refractivity contribution is 0.141. The Kier molecular flexibility index (Phi) is 7.00. The highest BCUT2D eigenvalue weighted by Crippen LogP contribution is 2.29. The molecule has 1 saturated heterocycles. The predicted molar refractivity (Wildman–Crippen MR) is 135 cm³/mol. The highest BCUT2D eigenvalue weighted by molar-refractivity contribution is 7.89. The largest absolute Gasteiger partial charge is 0.367 e. The summed E-state index contributed by atoms with van der Waals surface area (Å²) in [4.78, 5) is 12.2. The lowest BCUT2D eigenvalue weighted by Gasteiger charge is -2.37. The van der Waals surface area contributed by atoms with E-state index < -0.39 is 15.8 Å². The van der Waals surface area contributed by atoms with Crippen molar-refractivity contribution >= 4 is 26.7 Å². The molecule has 1 aliphatic carbocycles. The number of hydrogen-bond acceptors (Lipinski definition) is 6.